The van der Waals surface area contributed by atoms with Gasteiger partial charge in [0.1, 0.15) is 6.10 Å². The van der Waals surface area contributed by atoms with Crippen LogP contribution in [0.3, 0.4) is 0 Å². The van der Waals surface area contributed by atoms with E-state index in [1.165, 1.54) is 13.1 Å². The fourth-order valence-corrected chi connectivity index (χ4v) is 4.92. The number of hydrogen-bond acceptors (Lipinski definition) is 6. The molecule has 2 fully saturated rings. The van der Waals surface area contributed by atoms with Crippen molar-refractivity contribution in [2.75, 3.05) is 13.7 Å². The maximum Gasteiger partial charge on any atom is 0.407 e. The minimum absolute atomic E-state index is 0.164. The molecule has 2 aliphatic rings. The number of alkyl carbamates (subject to hydrolysis) is 1. The predicted octanol–water partition coefficient (Wildman–Crippen LogP) is 3.54. The van der Waals surface area contributed by atoms with Gasteiger partial charge in [-0.05, 0) is 71.8 Å². The number of aliphatic hydroxyl groups excluding tert-OH is 1. The summed E-state index contributed by atoms with van der Waals surface area (Å²) in [7, 11) is 1.49. The predicted molar refractivity (Wildman–Crippen MR) is 136 cm³/mol. The van der Waals surface area contributed by atoms with Crippen LogP contribution in [0.15, 0.2) is 36.0 Å². The van der Waals surface area contributed by atoms with E-state index in [2.05, 4.69) is 23.6 Å². The molecule has 0 aromatic carbocycles. The summed E-state index contributed by atoms with van der Waals surface area (Å²) in [5.74, 6) is 0.426. The summed E-state index contributed by atoms with van der Waals surface area (Å²) in [4.78, 5) is 23.3. The van der Waals surface area contributed by atoms with E-state index < -0.39 is 23.4 Å². The van der Waals surface area contributed by atoms with Crippen LogP contribution in [0, 0.1) is 5.92 Å². The van der Waals surface area contributed by atoms with Crippen LogP contribution in [0.5, 0.6) is 0 Å². The van der Waals surface area contributed by atoms with Crippen molar-refractivity contribution in [3.8, 4) is 0 Å². The average molecular weight is 493 g/mol. The summed E-state index contributed by atoms with van der Waals surface area (Å²) in [6.07, 6.45) is 13.8. The molecule has 2 amide bonds. The fourth-order valence-electron chi connectivity index (χ4n) is 4.92. The maximum atomic E-state index is 12.2. The van der Waals surface area contributed by atoms with Gasteiger partial charge in [-0.1, -0.05) is 23.8 Å². The first-order valence-corrected chi connectivity index (χ1v) is 12.7. The Morgan fingerprint density at radius 3 is 2.51 bits per heavy atom. The highest BCUT2D eigenvalue weighted by atomic mass is 16.6. The van der Waals surface area contributed by atoms with Crippen LogP contribution in [0.4, 0.5) is 4.79 Å². The van der Waals surface area contributed by atoms with Gasteiger partial charge in [-0.3, -0.25) is 4.79 Å². The average Bonchev–Trinajstić information content (AvgIpc) is 2.79. The molecule has 0 aromatic heterocycles. The number of carbonyl (C=O) groups is 2. The summed E-state index contributed by atoms with van der Waals surface area (Å²) in [5, 5.41) is 25.6. The lowest BCUT2D eigenvalue weighted by Crippen LogP contribution is -2.51. The van der Waals surface area contributed by atoms with Crippen molar-refractivity contribution in [2.45, 2.75) is 102 Å². The normalized spacial score (nSPS) is 30.3. The van der Waals surface area contributed by atoms with E-state index in [1.54, 1.807) is 13.0 Å². The van der Waals surface area contributed by atoms with Gasteiger partial charge in [-0.25, -0.2) is 4.79 Å². The third-order valence-electron chi connectivity index (χ3n) is 6.66. The molecule has 198 valence electrons. The number of hydrogen-bond donors (Lipinski definition) is 4. The second-order valence-electron chi connectivity index (χ2n) is 10.7. The number of rotatable bonds is 9. The number of aliphatic hydroxyl groups is 2. The number of amides is 2. The third-order valence-corrected chi connectivity index (χ3v) is 6.66. The van der Waals surface area contributed by atoms with Gasteiger partial charge in [-0.2, -0.15) is 0 Å². The summed E-state index contributed by atoms with van der Waals surface area (Å²) >= 11 is 0. The Hall–Kier alpha value is -2.16. The van der Waals surface area contributed by atoms with Crippen LogP contribution in [-0.2, 0) is 14.3 Å². The van der Waals surface area contributed by atoms with Crippen molar-refractivity contribution < 1.29 is 29.3 Å². The second-order valence-corrected chi connectivity index (χ2v) is 10.7. The zero-order valence-electron chi connectivity index (χ0n) is 21.9. The Balaban J connectivity index is 1.73. The topological polar surface area (TPSA) is 117 Å². The van der Waals surface area contributed by atoms with Crippen LogP contribution < -0.4 is 10.6 Å². The standard InChI is InChI=1S/C27H44N2O6/c1-19(7-14-23-16-27(33,18-30)17-26(3,4)35-23)6-9-21-10-12-22(13-11-21)29-24(31)15-8-20(2)34-25(32)28-5/h6-8,14-15,20-23,30,33H,9-13,16-18H2,1-5H3,(H,28,32)(H,29,31). The molecule has 1 aliphatic carbocycles. The Morgan fingerprint density at radius 1 is 1.20 bits per heavy atom. The van der Waals surface area contributed by atoms with Crippen LogP contribution in [0.2, 0.25) is 0 Å². The van der Waals surface area contributed by atoms with E-state index in [0.29, 0.717) is 18.8 Å². The maximum absolute atomic E-state index is 12.2. The minimum atomic E-state index is -1.10. The van der Waals surface area contributed by atoms with Gasteiger partial charge < -0.3 is 30.3 Å². The Kier molecular flexibility index (Phi) is 11.0. The van der Waals surface area contributed by atoms with Gasteiger partial charge in [0.15, 0.2) is 0 Å². The summed E-state index contributed by atoms with van der Waals surface area (Å²) in [6.45, 7) is 7.38. The first kappa shape index (κ1) is 29.1. The number of allylic oxidation sites excluding steroid dienone is 3. The van der Waals surface area contributed by atoms with Gasteiger partial charge in [0.2, 0.25) is 5.91 Å². The molecule has 2 rings (SSSR count). The molecule has 1 aliphatic heterocycles. The van der Waals surface area contributed by atoms with Gasteiger partial charge in [0.25, 0.3) is 0 Å². The van der Waals surface area contributed by atoms with Crippen molar-refractivity contribution in [1.82, 2.24) is 10.6 Å². The Labute approximate surface area is 209 Å². The molecular formula is C27H44N2O6. The molecule has 8 nitrogen and oxygen atoms in total. The van der Waals surface area contributed by atoms with Crippen LogP contribution in [-0.4, -0.2) is 65.3 Å². The molecule has 1 heterocycles. The minimum Gasteiger partial charge on any atom is -0.442 e. The molecule has 0 spiro atoms. The molecule has 0 radical (unpaired) electrons. The van der Waals surface area contributed by atoms with Crippen molar-refractivity contribution in [2.24, 2.45) is 5.92 Å². The third kappa shape index (κ3) is 10.5. The second kappa shape index (κ2) is 13.2. The highest BCUT2D eigenvalue weighted by molar-refractivity contribution is 5.87. The Bertz CT molecular complexity index is 797. The molecule has 35 heavy (non-hydrogen) atoms. The lowest BCUT2D eigenvalue weighted by molar-refractivity contribution is -0.180. The first-order chi connectivity index (χ1) is 16.4. The van der Waals surface area contributed by atoms with Crippen LogP contribution >= 0.6 is 0 Å². The van der Waals surface area contributed by atoms with Gasteiger partial charge in [0.05, 0.1) is 23.9 Å². The highest BCUT2D eigenvalue weighted by Gasteiger charge is 2.42. The van der Waals surface area contributed by atoms with E-state index in [1.807, 2.05) is 26.0 Å². The molecule has 3 atom stereocenters. The highest BCUT2D eigenvalue weighted by Crippen LogP contribution is 2.36. The summed E-state index contributed by atoms with van der Waals surface area (Å²) in [6, 6.07) is 0.167. The smallest absolute Gasteiger partial charge is 0.407 e. The molecule has 8 heteroatoms. The summed E-state index contributed by atoms with van der Waals surface area (Å²) in [5.41, 5.74) is -0.433. The number of carbonyl (C=O) groups excluding carboxylic acids is 2. The number of nitrogens with one attached hydrogen (secondary N) is 2. The van der Waals surface area contributed by atoms with Gasteiger partial charge in [0, 0.05) is 32.0 Å². The van der Waals surface area contributed by atoms with Crippen LogP contribution in [0.1, 0.15) is 72.6 Å². The van der Waals surface area contributed by atoms with Crippen molar-refractivity contribution in [3.63, 3.8) is 0 Å². The first-order valence-electron chi connectivity index (χ1n) is 12.7. The van der Waals surface area contributed by atoms with E-state index in [-0.39, 0.29) is 24.7 Å². The van der Waals surface area contributed by atoms with E-state index in [9.17, 15) is 19.8 Å². The van der Waals surface area contributed by atoms with Gasteiger partial charge in [-0.15, -0.1) is 0 Å². The molecule has 4 N–H and O–H groups in total. The zero-order chi connectivity index (χ0) is 26.1. The SMILES string of the molecule is CNC(=O)OC(C)C=CC(=O)NC1CCC(CC=C(C)C=CC2CC(O)(CO)CC(C)(C)O2)CC1. The molecule has 3 unspecified atom stereocenters. The summed E-state index contributed by atoms with van der Waals surface area (Å²) < 4.78 is 11.1. The van der Waals surface area contributed by atoms with E-state index in [4.69, 9.17) is 9.47 Å². The number of ether oxygens (including phenoxy) is 2. The van der Waals surface area contributed by atoms with E-state index in [0.717, 1.165) is 37.7 Å². The molecule has 0 aromatic rings. The zero-order valence-corrected chi connectivity index (χ0v) is 21.9. The Morgan fingerprint density at radius 2 is 1.89 bits per heavy atom. The fraction of sp³-hybridized carbons (Fsp3) is 0.704. The van der Waals surface area contributed by atoms with E-state index >= 15 is 0 Å². The largest absolute Gasteiger partial charge is 0.442 e. The van der Waals surface area contributed by atoms with Crippen LogP contribution in [0.25, 0.3) is 0 Å². The van der Waals surface area contributed by atoms with Crippen molar-refractivity contribution in [3.05, 3.63) is 36.0 Å². The van der Waals surface area contributed by atoms with Crippen molar-refractivity contribution >= 4 is 12.0 Å². The quantitative estimate of drug-likeness (QED) is 0.289. The monoisotopic (exact) mass is 492 g/mol. The van der Waals surface area contributed by atoms with Crippen molar-refractivity contribution in [1.29, 1.82) is 0 Å². The molecule has 1 saturated heterocycles. The molecule has 1 saturated carbocycles. The van der Waals surface area contributed by atoms with Gasteiger partial charge >= 0.3 is 6.09 Å². The lowest BCUT2D eigenvalue weighted by atomic mass is 9.82. The lowest BCUT2D eigenvalue weighted by Gasteiger charge is -2.44. The molecular weight excluding hydrogens is 448 g/mol. The molecule has 0 bridgehead atoms.